The van der Waals surface area contributed by atoms with E-state index in [-0.39, 0.29) is 12.4 Å². The van der Waals surface area contributed by atoms with Crippen molar-refractivity contribution in [3.05, 3.63) is 0 Å². The van der Waals surface area contributed by atoms with Gasteiger partial charge >= 0.3 is 0 Å². The zero-order valence-corrected chi connectivity index (χ0v) is 16.8. The average Bonchev–Trinajstić information content (AvgIpc) is 3.20. The zero-order valence-electron chi connectivity index (χ0n) is 16.8. The van der Waals surface area contributed by atoms with Crippen LogP contribution in [0.3, 0.4) is 0 Å². The van der Waals surface area contributed by atoms with E-state index in [0.29, 0.717) is 25.9 Å². The molecule has 0 unspecified atom stereocenters. The molecular formula is C19H34N2O5. The molecule has 3 heterocycles. The van der Waals surface area contributed by atoms with Gasteiger partial charge in [0.15, 0.2) is 12.1 Å². The maximum absolute atomic E-state index is 6.39. The lowest BCUT2D eigenvalue weighted by molar-refractivity contribution is -0.282. The van der Waals surface area contributed by atoms with Crippen LogP contribution < -0.4 is 0 Å². The van der Waals surface area contributed by atoms with Crippen LogP contribution in [0.1, 0.15) is 53.4 Å². The first-order valence-electron chi connectivity index (χ1n) is 9.79. The van der Waals surface area contributed by atoms with Crippen molar-refractivity contribution in [1.29, 1.82) is 0 Å². The van der Waals surface area contributed by atoms with E-state index in [0.717, 1.165) is 37.9 Å². The van der Waals surface area contributed by atoms with Crippen LogP contribution in [-0.4, -0.2) is 74.0 Å². The Morgan fingerprint density at radius 1 is 1.23 bits per heavy atom. The van der Waals surface area contributed by atoms with Gasteiger partial charge in [-0.3, -0.25) is 5.01 Å². The molecule has 0 bridgehead atoms. The largest absolute Gasteiger partial charge is 0.382 e. The summed E-state index contributed by atoms with van der Waals surface area (Å²) in [5.41, 5.74) is 0.425. The van der Waals surface area contributed by atoms with Crippen LogP contribution >= 0.6 is 0 Å². The summed E-state index contributed by atoms with van der Waals surface area (Å²) >= 11 is 0. The molecule has 3 atom stereocenters. The van der Waals surface area contributed by atoms with Gasteiger partial charge in [-0.2, -0.15) is 5.10 Å². The third-order valence-electron chi connectivity index (χ3n) is 5.35. The molecule has 3 rings (SSSR count). The van der Waals surface area contributed by atoms with Crippen LogP contribution in [0.2, 0.25) is 0 Å². The van der Waals surface area contributed by atoms with Gasteiger partial charge < -0.3 is 23.7 Å². The van der Waals surface area contributed by atoms with Crippen molar-refractivity contribution in [2.75, 3.05) is 33.5 Å². The molecule has 0 N–H and O–H groups in total. The standard InChI is InChI=1S/C19H34N2O5/c1-14-17(20-21-10-6-7-15(21)13-22-5)19(4,26-18(2,3)25-14)9-8-16-23-11-12-24-16/h14-16H,6-13H2,1-5H3/b20-17-/t14-,15-,19-/m1/s1. The number of hydrogen-bond donors (Lipinski definition) is 0. The molecule has 3 fully saturated rings. The molecule has 7 heteroatoms. The second-order valence-corrected chi connectivity index (χ2v) is 8.10. The molecule has 3 saturated heterocycles. The van der Waals surface area contributed by atoms with E-state index >= 15 is 0 Å². The second-order valence-electron chi connectivity index (χ2n) is 8.10. The quantitative estimate of drug-likeness (QED) is 0.716. The Hall–Kier alpha value is -0.730. The summed E-state index contributed by atoms with van der Waals surface area (Å²) in [6.07, 6.45) is 3.53. The first-order valence-corrected chi connectivity index (χ1v) is 9.79. The number of methoxy groups -OCH3 is 1. The molecule has 0 aliphatic carbocycles. The minimum Gasteiger partial charge on any atom is -0.382 e. The summed E-state index contributed by atoms with van der Waals surface area (Å²) in [6, 6.07) is 0.320. The van der Waals surface area contributed by atoms with Gasteiger partial charge in [0.2, 0.25) is 0 Å². The predicted octanol–water partition coefficient (Wildman–Crippen LogP) is 2.54. The summed E-state index contributed by atoms with van der Waals surface area (Å²) in [5, 5.41) is 7.17. The Labute approximate surface area is 156 Å². The van der Waals surface area contributed by atoms with Crippen molar-refractivity contribution >= 4 is 5.71 Å². The molecule has 150 valence electrons. The lowest BCUT2D eigenvalue weighted by atomic mass is 9.88. The molecule has 7 nitrogen and oxygen atoms in total. The molecule has 0 saturated carbocycles. The highest BCUT2D eigenvalue weighted by Crippen LogP contribution is 2.37. The highest BCUT2D eigenvalue weighted by atomic mass is 16.7. The monoisotopic (exact) mass is 370 g/mol. The van der Waals surface area contributed by atoms with Gasteiger partial charge in [-0.15, -0.1) is 0 Å². The maximum Gasteiger partial charge on any atom is 0.164 e. The molecule has 3 aliphatic rings. The SMILES string of the molecule is COC[C@H]1CCCN1/N=C1/[C@@H](C)OC(C)(C)O[C@]1(C)CCC1OCCO1. The third kappa shape index (κ3) is 4.57. The van der Waals surface area contributed by atoms with Crippen LogP contribution in [0, 0.1) is 0 Å². The smallest absolute Gasteiger partial charge is 0.164 e. The van der Waals surface area contributed by atoms with Gasteiger partial charge in [-0.25, -0.2) is 0 Å². The van der Waals surface area contributed by atoms with Gasteiger partial charge in [0.05, 0.1) is 31.6 Å². The average molecular weight is 370 g/mol. The van der Waals surface area contributed by atoms with Crippen LogP contribution in [0.5, 0.6) is 0 Å². The van der Waals surface area contributed by atoms with Gasteiger partial charge in [-0.05, 0) is 47.0 Å². The zero-order chi connectivity index (χ0) is 18.8. The van der Waals surface area contributed by atoms with E-state index < -0.39 is 11.4 Å². The lowest BCUT2D eigenvalue weighted by Crippen LogP contribution is -2.58. The Balaban J connectivity index is 1.79. The van der Waals surface area contributed by atoms with Crippen molar-refractivity contribution in [2.45, 2.75) is 83.2 Å². The van der Waals surface area contributed by atoms with Gasteiger partial charge in [-0.1, -0.05) is 0 Å². The summed E-state index contributed by atoms with van der Waals surface area (Å²) in [5.74, 6) is -0.651. The van der Waals surface area contributed by atoms with E-state index in [9.17, 15) is 0 Å². The predicted molar refractivity (Wildman–Crippen MR) is 98.1 cm³/mol. The first-order chi connectivity index (χ1) is 12.3. The molecule has 0 radical (unpaired) electrons. The second kappa shape index (κ2) is 8.10. The van der Waals surface area contributed by atoms with E-state index in [1.165, 1.54) is 0 Å². The molecule has 0 aromatic carbocycles. The molecular weight excluding hydrogens is 336 g/mol. The van der Waals surface area contributed by atoms with Crippen molar-refractivity contribution in [2.24, 2.45) is 5.10 Å². The Morgan fingerprint density at radius 2 is 1.96 bits per heavy atom. The Bertz CT molecular complexity index is 506. The van der Waals surface area contributed by atoms with Gasteiger partial charge in [0.1, 0.15) is 11.7 Å². The van der Waals surface area contributed by atoms with Crippen LogP contribution in [0.25, 0.3) is 0 Å². The van der Waals surface area contributed by atoms with Crippen LogP contribution in [0.4, 0.5) is 0 Å². The number of hydrogen-bond acceptors (Lipinski definition) is 7. The molecule has 26 heavy (non-hydrogen) atoms. The number of hydrazone groups is 1. The topological polar surface area (TPSA) is 61.8 Å². The van der Waals surface area contributed by atoms with Gasteiger partial charge in [0.25, 0.3) is 0 Å². The molecule has 0 spiro atoms. The van der Waals surface area contributed by atoms with E-state index in [4.69, 9.17) is 28.8 Å². The van der Waals surface area contributed by atoms with Crippen molar-refractivity contribution in [1.82, 2.24) is 5.01 Å². The van der Waals surface area contributed by atoms with Crippen molar-refractivity contribution in [3.8, 4) is 0 Å². The highest BCUT2D eigenvalue weighted by molar-refractivity contribution is 5.96. The highest BCUT2D eigenvalue weighted by Gasteiger charge is 2.47. The van der Waals surface area contributed by atoms with E-state index in [1.54, 1.807) is 7.11 Å². The summed E-state index contributed by atoms with van der Waals surface area (Å²) < 4.78 is 29.1. The number of nitrogens with zero attached hydrogens (tertiary/aromatic N) is 2. The fourth-order valence-electron chi connectivity index (χ4n) is 4.32. The minimum atomic E-state index is -0.651. The number of ether oxygens (including phenoxy) is 5. The Kier molecular flexibility index (Phi) is 6.24. The minimum absolute atomic E-state index is 0.113. The lowest BCUT2D eigenvalue weighted by Gasteiger charge is -2.47. The van der Waals surface area contributed by atoms with Gasteiger partial charge in [0, 0.05) is 20.1 Å². The molecule has 0 aromatic rings. The maximum atomic E-state index is 6.39. The fourth-order valence-corrected chi connectivity index (χ4v) is 4.32. The van der Waals surface area contributed by atoms with Crippen LogP contribution in [-0.2, 0) is 23.7 Å². The summed E-state index contributed by atoms with van der Waals surface area (Å²) in [4.78, 5) is 0. The summed E-state index contributed by atoms with van der Waals surface area (Å²) in [6.45, 7) is 11.1. The summed E-state index contributed by atoms with van der Waals surface area (Å²) in [7, 11) is 1.74. The van der Waals surface area contributed by atoms with Crippen molar-refractivity contribution < 1.29 is 23.7 Å². The fraction of sp³-hybridized carbons (Fsp3) is 0.947. The number of rotatable bonds is 6. The van der Waals surface area contributed by atoms with Crippen molar-refractivity contribution in [3.63, 3.8) is 0 Å². The normalized spacial score (nSPS) is 37.0. The third-order valence-corrected chi connectivity index (χ3v) is 5.35. The molecule has 3 aliphatic heterocycles. The van der Waals surface area contributed by atoms with E-state index in [1.807, 2.05) is 13.8 Å². The Morgan fingerprint density at radius 3 is 2.65 bits per heavy atom. The van der Waals surface area contributed by atoms with Crippen LogP contribution in [0.15, 0.2) is 5.10 Å². The first kappa shape index (κ1) is 20.0. The molecule has 0 aromatic heterocycles. The molecule has 0 amide bonds. The van der Waals surface area contributed by atoms with E-state index in [2.05, 4.69) is 18.9 Å².